The van der Waals surface area contributed by atoms with E-state index in [1.165, 1.54) is 31.2 Å². The standard InChI is InChI=1S/C20H20FNO3/c1-13-6-7-16(14(2)23)12-18(13)22-20(25)5-3-4-19(24)15-8-10-17(21)11-9-15/h6-12H,3-5H2,1-2H3,(H,22,25). The molecule has 0 fully saturated rings. The van der Waals surface area contributed by atoms with Crippen LogP contribution < -0.4 is 5.32 Å². The molecule has 0 radical (unpaired) electrons. The van der Waals surface area contributed by atoms with Crippen molar-refractivity contribution in [2.45, 2.75) is 33.1 Å². The Bertz CT molecular complexity index is 797. The highest BCUT2D eigenvalue weighted by atomic mass is 19.1. The number of halogens is 1. The van der Waals surface area contributed by atoms with Crippen molar-refractivity contribution in [2.75, 3.05) is 5.32 Å². The van der Waals surface area contributed by atoms with E-state index in [1.807, 2.05) is 6.92 Å². The number of hydrogen-bond donors (Lipinski definition) is 1. The third-order valence-electron chi connectivity index (χ3n) is 3.89. The summed E-state index contributed by atoms with van der Waals surface area (Å²) in [5, 5.41) is 2.77. The number of amides is 1. The van der Waals surface area contributed by atoms with Gasteiger partial charge in [0, 0.05) is 29.7 Å². The van der Waals surface area contributed by atoms with Crippen molar-refractivity contribution in [3.8, 4) is 0 Å². The van der Waals surface area contributed by atoms with Crippen LogP contribution >= 0.6 is 0 Å². The lowest BCUT2D eigenvalue weighted by Gasteiger charge is -2.09. The van der Waals surface area contributed by atoms with E-state index >= 15 is 0 Å². The second-order valence-corrected chi connectivity index (χ2v) is 5.92. The smallest absolute Gasteiger partial charge is 0.224 e. The molecule has 0 bridgehead atoms. The molecular weight excluding hydrogens is 321 g/mol. The molecule has 130 valence electrons. The molecule has 0 aliphatic rings. The van der Waals surface area contributed by atoms with Crippen molar-refractivity contribution in [2.24, 2.45) is 0 Å². The topological polar surface area (TPSA) is 63.2 Å². The first-order valence-corrected chi connectivity index (χ1v) is 8.07. The minimum Gasteiger partial charge on any atom is -0.326 e. The number of Topliss-reactive ketones (excluding diaryl/α,β-unsaturated/α-hetero) is 2. The summed E-state index contributed by atoms with van der Waals surface area (Å²) in [6.07, 6.45) is 0.801. The van der Waals surface area contributed by atoms with E-state index in [9.17, 15) is 18.8 Å². The molecule has 0 saturated heterocycles. The van der Waals surface area contributed by atoms with Crippen LogP contribution in [-0.4, -0.2) is 17.5 Å². The van der Waals surface area contributed by atoms with Gasteiger partial charge in [-0.1, -0.05) is 12.1 Å². The molecule has 2 aromatic carbocycles. The first-order chi connectivity index (χ1) is 11.9. The van der Waals surface area contributed by atoms with Gasteiger partial charge in [-0.25, -0.2) is 4.39 Å². The number of rotatable bonds is 7. The minimum atomic E-state index is -0.390. The van der Waals surface area contributed by atoms with Crippen LogP contribution in [0.2, 0.25) is 0 Å². The van der Waals surface area contributed by atoms with Crippen molar-refractivity contribution in [1.29, 1.82) is 0 Å². The summed E-state index contributed by atoms with van der Waals surface area (Å²) in [7, 11) is 0. The van der Waals surface area contributed by atoms with Gasteiger partial charge in [-0.15, -0.1) is 0 Å². The van der Waals surface area contributed by atoms with Crippen LogP contribution in [0.25, 0.3) is 0 Å². The Hall–Kier alpha value is -2.82. The second kappa shape index (κ2) is 8.33. The normalized spacial score (nSPS) is 10.4. The van der Waals surface area contributed by atoms with Gasteiger partial charge in [-0.05, 0) is 56.2 Å². The molecule has 4 nitrogen and oxygen atoms in total. The van der Waals surface area contributed by atoms with E-state index in [0.29, 0.717) is 23.2 Å². The zero-order chi connectivity index (χ0) is 18.4. The van der Waals surface area contributed by atoms with Gasteiger partial charge >= 0.3 is 0 Å². The van der Waals surface area contributed by atoms with Crippen LogP contribution in [0.5, 0.6) is 0 Å². The van der Waals surface area contributed by atoms with Gasteiger partial charge in [0.15, 0.2) is 11.6 Å². The first kappa shape index (κ1) is 18.5. The highest BCUT2D eigenvalue weighted by Crippen LogP contribution is 2.18. The van der Waals surface area contributed by atoms with Crippen LogP contribution in [0.15, 0.2) is 42.5 Å². The summed E-state index contributed by atoms with van der Waals surface area (Å²) in [4.78, 5) is 35.5. The molecule has 2 rings (SSSR count). The van der Waals surface area contributed by atoms with Gasteiger partial charge in [0.25, 0.3) is 0 Å². The van der Waals surface area contributed by atoms with Gasteiger partial charge in [0.1, 0.15) is 5.82 Å². The fourth-order valence-corrected chi connectivity index (χ4v) is 2.38. The molecule has 0 unspecified atom stereocenters. The SMILES string of the molecule is CC(=O)c1ccc(C)c(NC(=O)CCCC(=O)c2ccc(F)cc2)c1. The summed E-state index contributed by atoms with van der Waals surface area (Å²) >= 11 is 0. The predicted molar refractivity (Wildman–Crippen MR) is 94.4 cm³/mol. The Morgan fingerprint density at radius 1 is 0.960 bits per heavy atom. The molecule has 25 heavy (non-hydrogen) atoms. The Balaban J connectivity index is 1.87. The van der Waals surface area contributed by atoms with Crippen LogP contribution in [-0.2, 0) is 4.79 Å². The molecule has 0 aliphatic carbocycles. The summed E-state index contributed by atoms with van der Waals surface area (Å²) in [5.41, 5.74) is 2.43. The molecular formula is C20H20FNO3. The predicted octanol–water partition coefficient (Wildman–Crippen LogP) is 4.33. The first-order valence-electron chi connectivity index (χ1n) is 8.07. The number of nitrogens with one attached hydrogen (secondary N) is 1. The minimum absolute atomic E-state index is 0.0691. The number of carbonyl (C=O) groups is 3. The van der Waals surface area contributed by atoms with Gasteiger partial charge in [-0.2, -0.15) is 0 Å². The lowest BCUT2D eigenvalue weighted by Crippen LogP contribution is -2.13. The van der Waals surface area contributed by atoms with Gasteiger partial charge < -0.3 is 5.32 Å². The Kier molecular flexibility index (Phi) is 6.17. The lowest BCUT2D eigenvalue weighted by molar-refractivity contribution is -0.116. The Morgan fingerprint density at radius 3 is 2.24 bits per heavy atom. The van der Waals surface area contributed by atoms with Crippen molar-refractivity contribution in [1.82, 2.24) is 0 Å². The zero-order valence-corrected chi connectivity index (χ0v) is 14.3. The van der Waals surface area contributed by atoms with Crippen LogP contribution in [0.1, 0.15) is 52.5 Å². The fraction of sp³-hybridized carbons (Fsp3) is 0.250. The van der Waals surface area contributed by atoms with Gasteiger partial charge in [-0.3, -0.25) is 14.4 Å². The average molecular weight is 341 g/mol. The monoisotopic (exact) mass is 341 g/mol. The molecule has 5 heteroatoms. The zero-order valence-electron chi connectivity index (χ0n) is 14.3. The van der Waals surface area contributed by atoms with Crippen molar-refractivity contribution >= 4 is 23.2 Å². The summed E-state index contributed by atoms with van der Waals surface area (Å²) in [5.74, 6) is -0.794. The molecule has 0 spiro atoms. The number of anilines is 1. The number of benzene rings is 2. The number of aryl methyl sites for hydroxylation is 1. The third kappa shape index (κ3) is 5.35. The highest BCUT2D eigenvalue weighted by Gasteiger charge is 2.10. The maximum Gasteiger partial charge on any atom is 0.224 e. The maximum atomic E-state index is 12.8. The average Bonchev–Trinajstić information content (AvgIpc) is 2.57. The van der Waals surface area contributed by atoms with Gasteiger partial charge in [0.2, 0.25) is 5.91 Å². The largest absolute Gasteiger partial charge is 0.326 e. The van der Waals surface area contributed by atoms with E-state index in [1.54, 1.807) is 18.2 Å². The third-order valence-corrected chi connectivity index (χ3v) is 3.89. The molecule has 2 aromatic rings. The van der Waals surface area contributed by atoms with Crippen molar-refractivity contribution < 1.29 is 18.8 Å². The van der Waals surface area contributed by atoms with Crippen LogP contribution in [0.4, 0.5) is 10.1 Å². The summed E-state index contributed by atoms with van der Waals surface area (Å²) < 4.78 is 12.8. The maximum absolute atomic E-state index is 12.8. The van der Waals surface area contributed by atoms with Crippen LogP contribution in [0, 0.1) is 12.7 Å². The molecule has 0 saturated carbocycles. The number of hydrogen-bond acceptors (Lipinski definition) is 3. The molecule has 0 aromatic heterocycles. The fourth-order valence-electron chi connectivity index (χ4n) is 2.38. The van der Waals surface area contributed by atoms with Crippen LogP contribution in [0.3, 0.4) is 0 Å². The second-order valence-electron chi connectivity index (χ2n) is 5.92. The van der Waals surface area contributed by atoms with E-state index in [0.717, 1.165) is 5.56 Å². The van der Waals surface area contributed by atoms with E-state index < -0.39 is 0 Å². The van der Waals surface area contributed by atoms with Crippen molar-refractivity contribution in [3.05, 3.63) is 65.0 Å². The Morgan fingerprint density at radius 2 is 1.60 bits per heavy atom. The molecule has 1 N–H and O–H groups in total. The Labute approximate surface area is 146 Å². The number of ketones is 2. The van der Waals surface area contributed by atoms with E-state index in [2.05, 4.69) is 5.32 Å². The quantitative estimate of drug-likeness (QED) is 0.763. The highest BCUT2D eigenvalue weighted by molar-refractivity contribution is 5.98. The molecule has 0 atom stereocenters. The molecule has 0 aliphatic heterocycles. The van der Waals surface area contributed by atoms with Crippen molar-refractivity contribution in [3.63, 3.8) is 0 Å². The summed E-state index contributed by atoms with van der Waals surface area (Å²) in [6.45, 7) is 3.31. The summed E-state index contributed by atoms with van der Waals surface area (Å²) in [6, 6.07) is 10.5. The molecule has 0 heterocycles. The number of carbonyl (C=O) groups excluding carboxylic acids is 3. The lowest BCUT2D eigenvalue weighted by atomic mass is 10.0. The van der Waals surface area contributed by atoms with Gasteiger partial charge in [0.05, 0.1) is 0 Å². The molecule has 1 amide bonds. The van der Waals surface area contributed by atoms with E-state index in [-0.39, 0.29) is 36.1 Å². The van der Waals surface area contributed by atoms with E-state index in [4.69, 9.17) is 0 Å².